The van der Waals surface area contributed by atoms with Gasteiger partial charge in [-0.05, 0) is 22.8 Å². The van der Waals surface area contributed by atoms with Gasteiger partial charge in [0, 0.05) is 24.9 Å². The number of amides is 1. The molecule has 0 spiro atoms. The van der Waals surface area contributed by atoms with Gasteiger partial charge in [0.2, 0.25) is 5.91 Å². The van der Waals surface area contributed by atoms with Gasteiger partial charge < -0.3 is 11.1 Å². The number of carbonyl (C=O) groups is 1. The third kappa shape index (κ3) is 4.73. The smallest absolute Gasteiger partial charge is 0.292 e. The molecule has 0 aromatic heterocycles. The summed E-state index contributed by atoms with van der Waals surface area (Å²) in [5.74, 6) is -0.154. The highest BCUT2D eigenvalue weighted by atomic mass is 16.6. The molecule has 3 N–H and O–H groups in total. The number of rotatable bonds is 7. The summed E-state index contributed by atoms with van der Waals surface area (Å²) in [5, 5.41) is 13.7. The fraction of sp³-hybridized carbons (Fsp3) is 0.136. The van der Waals surface area contributed by atoms with E-state index in [0.717, 1.165) is 11.1 Å². The van der Waals surface area contributed by atoms with Gasteiger partial charge in [-0.2, -0.15) is 0 Å². The summed E-state index contributed by atoms with van der Waals surface area (Å²) in [4.78, 5) is 22.9. The SMILES string of the molecule is Nc1cc(CNC(=O)CC(c2ccccc2)c2ccccc2)ccc1[N+](=O)[O-]. The van der Waals surface area contributed by atoms with Crippen LogP contribution in [0.3, 0.4) is 0 Å². The molecule has 0 saturated heterocycles. The normalized spacial score (nSPS) is 10.6. The predicted octanol–water partition coefficient (Wildman–Crippen LogP) is 4.02. The first-order valence-electron chi connectivity index (χ1n) is 8.94. The van der Waals surface area contributed by atoms with Gasteiger partial charge in [-0.3, -0.25) is 14.9 Å². The Morgan fingerprint density at radius 1 is 0.964 bits per heavy atom. The summed E-state index contributed by atoms with van der Waals surface area (Å²) < 4.78 is 0. The van der Waals surface area contributed by atoms with Crippen molar-refractivity contribution >= 4 is 17.3 Å². The molecule has 3 aromatic carbocycles. The quantitative estimate of drug-likeness (QED) is 0.370. The number of anilines is 1. The number of nitrogen functional groups attached to an aromatic ring is 1. The van der Waals surface area contributed by atoms with Crippen LogP contribution in [0.1, 0.15) is 29.0 Å². The number of benzene rings is 3. The van der Waals surface area contributed by atoms with Crippen molar-refractivity contribution in [3.8, 4) is 0 Å². The van der Waals surface area contributed by atoms with Gasteiger partial charge >= 0.3 is 0 Å². The van der Waals surface area contributed by atoms with Crippen LogP contribution >= 0.6 is 0 Å². The molecule has 0 heterocycles. The van der Waals surface area contributed by atoms with E-state index >= 15 is 0 Å². The molecule has 0 aliphatic heterocycles. The zero-order valence-corrected chi connectivity index (χ0v) is 15.2. The Morgan fingerprint density at radius 3 is 2.04 bits per heavy atom. The van der Waals surface area contributed by atoms with E-state index in [9.17, 15) is 14.9 Å². The molecular formula is C22H21N3O3. The van der Waals surface area contributed by atoms with Crippen LogP contribution in [0, 0.1) is 10.1 Å². The Hall–Kier alpha value is -3.67. The largest absolute Gasteiger partial charge is 0.393 e. The van der Waals surface area contributed by atoms with E-state index in [-0.39, 0.29) is 29.7 Å². The topological polar surface area (TPSA) is 98.3 Å². The van der Waals surface area contributed by atoms with Crippen LogP contribution in [0.4, 0.5) is 11.4 Å². The molecule has 1 amide bonds. The number of nitro benzene ring substituents is 1. The summed E-state index contributed by atoms with van der Waals surface area (Å²) in [7, 11) is 0. The maximum atomic E-state index is 12.6. The van der Waals surface area contributed by atoms with Crippen molar-refractivity contribution in [2.45, 2.75) is 18.9 Å². The van der Waals surface area contributed by atoms with Crippen LogP contribution in [0.2, 0.25) is 0 Å². The van der Waals surface area contributed by atoms with E-state index < -0.39 is 4.92 Å². The van der Waals surface area contributed by atoms with Crippen molar-refractivity contribution in [1.82, 2.24) is 5.32 Å². The van der Waals surface area contributed by atoms with Gasteiger partial charge in [0.05, 0.1) is 4.92 Å². The van der Waals surface area contributed by atoms with E-state index in [4.69, 9.17) is 5.73 Å². The maximum absolute atomic E-state index is 12.6. The molecule has 0 fully saturated rings. The molecule has 0 aliphatic carbocycles. The Labute approximate surface area is 163 Å². The van der Waals surface area contributed by atoms with Crippen LogP contribution in [-0.4, -0.2) is 10.8 Å². The monoisotopic (exact) mass is 375 g/mol. The minimum absolute atomic E-state index is 0.0515. The van der Waals surface area contributed by atoms with Crippen LogP contribution in [0.5, 0.6) is 0 Å². The average molecular weight is 375 g/mol. The number of carbonyl (C=O) groups excluding carboxylic acids is 1. The second-order valence-corrected chi connectivity index (χ2v) is 6.51. The van der Waals surface area contributed by atoms with E-state index in [1.54, 1.807) is 6.07 Å². The van der Waals surface area contributed by atoms with Crippen molar-refractivity contribution < 1.29 is 9.72 Å². The molecule has 0 saturated carbocycles. The first-order valence-corrected chi connectivity index (χ1v) is 8.94. The van der Waals surface area contributed by atoms with Crippen molar-refractivity contribution in [1.29, 1.82) is 0 Å². The lowest BCUT2D eigenvalue weighted by Crippen LogP contribution is -2.25. The fourth-order valence-corrected chi connectivity index (χ4v) is 3.14. The van der Waals surface area contributed by atoms with Crippen LogP contribution < -0.4 is 11.1 Å². The van der Waals surface area contributed by atoms with E-state index in [0.29, 0.717) is 12.0 Å². The molecule has 28 heavy (non-hydrogen) atoms. The first kappa shape index (κ1) is 19.1. The second kappa shape index (κ2) is 8.81. The van der Waals surface area contributed by atoms with Gasteiger partial charge in [-0.25, -0.2) is 0 Å². The molecule has 0 atom stereocenters. The van der Waals surface area contributed by atoms with Crippen LogP contribution in [-0.2, 0) is 11.3 Å². The second-order valence-electron chi connectivity index (χ2n) is 6.51. The standard InChI is InChI=1S/C22H21N3O3/c23-20-13-16(11-12-21(20)25(27)28)15-24-22(26)14-19(17-7-3-1-4-8-17)18-9-5-2-6-10-18/h1-13,19H,14-15,23H2,(H,24,26). The molecule has 142 valence electrons. The maximum Gasteiger partial charge on any atom is 0.292 e. The van der Waals surface area contributed by atoms with Crippen molar-refractivity contribution in [3.05, 3.63) is 106 Å². The summed E-state index contributed by atoms with van der Waals surface area (Å²) in [6.45, 7) is 0.261. The lowest BCUT2D eigenvalue weighted by molar-refractivity contribution is -0.383. The molecule has 6 nitrogen and oxygen atoms in total. The Kier molecular flexibility index (Phi) is 6.01. The van der Waals surface area contributed by atoms with E-state index in [1.807, 2.05) is 60.7 Å². The first-order chi connectivity index (χ1) is 13.5. The third-order valence-corrected chi connectivity index (χ3v) is 4.57. The van der Waals surface area contributed by atoms with Crippen molar-refractivity contribution in [3.63, 3.8) is 0 Å². The van der Waals surface area contributed by atoms with E-state index in [2.05, 4.69) is 5.32 Å². The molecule has 0 aliphatic rings. The number of hydrogen-bond donors (Lipinski definition) is 2. The molecule has 0 unspecified atom stereocenters. The Balaban J connectivity index is 1.69. The number of hydrogen-bond acceptors (Lipinski definition) is 4. The Morgan fingerprint density at radius 2 is 1.54 bits per heavy atom. The molecule has 3 aromatic rings. The molecule has 0 radical (unpaired) electrons. The minimum atomic E-state index is -0.526. The lowest BCUT2D eigenvalue weighted by Gasteiger charge is -2.18. The summed E-state index contributed by atoms with van der Waals surface area (Å²) in [5.41, 5.74) is 8.52. The summed E-state index contributed by atoms with van der Waals surface area (Å²) in [6.07, 6.45) is 0.302. The van der Waals surface area contributed by atoms with Gasteiger partial charge in [0.25, 0.3) is 5.69 Å². The van der Waals surface area contributed by atoms with Crippen molar-refractivity contribution in [2.75, 3.05) is 5.73 Å². The third-order valence-electron chi connectivity index (χ3n) is 4.57. The van der Waals surface area contributed by atoms with E-state index in [1.165, 1.54) is 12.1 Å². The lowest BCUT2D eigenvalue weighted by atomic mass is 9.88. The van der Waals surface area contributed by atoms with Crippen LogP contribution in [0.25, 0.3) is 0 Å². The summed E-state index contributed by atoms with van der Waals surface area (Å²) >= 11 is 0. The summed E-state index contributed by atoms with van der Waals surface area (Å²) in [6, 6.07) is 24.3. The number of nitrogens with zero attached hydrogens (tertiary/aromatic N) is 1. The van der Waals surface area contributed by atoms with Gasteiger partial charge in [0.1, 0.15) is 5.69 Å². The highest BCUT2D eigenvalue weighted by Gasteiger charge is 2.18. The van der Waals surface area contributed by atoms with Gasteiger partial charge in [-0.1, -0.05) is 66.7 Å². The predicted molar refractivity (Wildman–Crippen MR) is 109 cm³/mol. The highest BCUT2D eigenvalue weighted by Crippen LogP contribution is 2.28. The molecular weight excluding hydrogens is 354 g/mol. The zero-order chi connectivity index (χ0) is 19.9. The molecule has 0 bridgehead atoms. The number of nitrogens with one attached hydrogen (secondary N) is 1. The average Bonchev–Trinajstić information content (AvgIpc) is 2.71. The zero-order valence-electron chi connectivity index (χ0n) is 15.2. The molecule has 6 heteroatoms. The highest BCUT2D eigenvalue weighted by molar-refractivity contribution is 5.77. The minimum Gasteiger partial charge on any atom is -0.393 e. The number of nitro groups is 1. The number of nitrogens with two attached hydrogens (primary N) is 1. The molecule has 3 rings (SSSR count). The van der Waals surface area contributed by atoms with Crippen molar-refractivity contribution in [2.24, 2.45) is 0 Å². The van der Waals surface area contributed by atoms with Gasteiger partial charge in [-0.15, -0.1) is 0 Å². The fourth-order valence-electron chi connectivity index (χ4n) is 3.14. The van der Waals surface area contributed by atoms with Crippen LogP contribution in [0.15, 0.2) is 78.9 Å². The Bertz CT molecular complexity index is 920. The van der Waals surface area contributed by atoms with Gasteiger partial charge in [0.15, 0.2) is 0 Å².